The number of rotatable bonds is 11. The maximum absolute atomic E-state index is 10.8. The van der Waals surface area contributed by atoms with Crippen LogP contribution >= 0.6 is 0 Å². The lowest BCUT2D eigenvalue weighted by molar-refractivity contribution is -0.139. The zero-order valence-electron chi connectivity index (χ0n) is 19.9. The fourth-order valence-corrected chi connectivity index (χ4v) is 4.71. The van der Waals surface area contributed by atoms with Crippen molar-refractivity contribution in [3.63, 3.8) is 0 Å². The van der Waals surface area contributed by atoms with Crippen molar-refractivity contribution in [2.75, 3.05) is 0 Å². The lowest BCUT2D eigenvalue weighted by Crippen LogP contribution is -2.26. The van der Waals surface area contributed by atoms with Crippen LogP contribution in [0.3, 0.4) is 0 Å². The Morgan fingerprint density at radius 1 is 0.882 bits per heavy atom. The molecule has 0 aromatic heterocycles. The Bertz CT molecular complexity index is 1090. The average Bonchev–Trinajstić information content (AvgIpc) is 2.85. The Balaban J connectivity index is 2.01. The Kier molecular flexibility index (Phi) is 8.80. The molecule has 2 atom stereocenters. The third-order valence-corrected chi connectivity index (χ3v) is 6.65. The fraction of sp³-hybridized carbons (Fsp3) is 0.300. The maximum atomic E-state index is 10.8. The van der Waals surface area contributed by atoms with Crippen molar-refractivity contribution in [1.82, 2.24) is 0 Å². The van der Waals surface area contributed by atoms with Crippen molar-refractivity contribution >= 4 is 12.0 Å². The summed E-state index contributed by atoms with van der Waals surface area (Å²) in [6, 6.07) is 27.3. The van der Waals surface area contributed by atoms with Gasteiger partial charge < -0.3 is 15.3 Å². The van der Waals surface area contributed by atoms with E-state index in [1.807, 2.05) is 30.3 Å². The molecule has 0 radical (unpaired) electrons. The molecule has 0 heterocycles. The third-order valence-electron chi connectivity index (χ3n) is 6.65. The standard InChI is InChI=1S/C30H34O4/c1-3-30(4-2,24-13-9-6-10-14-24)25-17-15-23(28(19-25)22-11-7-5-8-12-22)16-18-26(31)20-27(32)21-29(33)34/h5-19,26-27,31-32H,3-4,20-21H2,1-2H3,(H,33,34)/b18-16+/t26-,27-/m1/s1. The third kappa shape index (κ3) is 6.02. The van der Waals surface area contributed by atoms with E-state index in [0.29, 0.717) is 0 Å². The SMILES string of the molecule is CCC(CC)(c1ccccc1)c1ccc(/C=C/[C@@H](O)C[C@@H](O)CC(=O)O)c(-c2ccccc2)c1. The Morgan fingerprint density at radius 2 is 1.50 bits per heavy atom. The minimum atomic E-state index is -1.09. The smallest absolute Gasteiger partial charge is 0.305 e. The van der Waals surface area contributed by atoms with Crippen molar-refractivity contribution < 1.29 is 20.1 Å². The van der Waals surface area contributed by atoms with Crippen LogP contribution < -0.4 is 0 Å². The molecule has 3 aromatic carbocycles. The van der Waals surface area contributed by atoms with Gasteiger partial charge in [-0.3, -0.25) is 4.79 Å². The van der Waals surface area contributed by atoms with E-state index < -0.39 is 18.2 Å². The highest BCUT2D eigenvalue weighted by Gasteiger charge is 2.31. The Labute approximate surface area is 202 Å². The highest BCUT2D eigenvalue weighted by Crippen LogP contribution is 2.41. The van der Waals surface area contributed by atoms with Gasteiger partial charge in [-0.2, -0.15) is 0 Å². The van der Waals surface area contributed by atoms with Crippen molar-refractivity contribution in [1.29, 1.82) is 0 Å². The molecule has 0 saturated carbocycles. The van der Waals surface area contributed by atoms with Gasteiger partial charge in [0.05, 0.1) is 18.6 Å². The van der Waals surface area contributed by atoms with Crippen LogP contribution in [0.1, 0.15) is 56.2 Å². The number of aliphatic carboxylic acids is 1. The second-order valence-electron chi connectivity index (χ2n) is 8.74. The van der Waals surface area contributed by atoms with Crippen LogP contribution in [-0.4, -0.2) is 33.5 Å². The highest BCUT2D eigenvalue weighted by molar-refractivity contribution is 5.76. The minimum Gasteiger partial charge on any atom is -0.481 e. The van der Waals surface area contributed by atoms with Crippen LogP contribution in [0.15, 0.2) is 84.9 Å². The van der Waals surface area contributed by atoms with Gasteiger partial charge >= 0.3 is 5.97 Å². The maximum Gasteiger partial charge on any atom is 0.305 e. The van der Waals surface area contributed by atoms with Gasteiger partial charge in [-0.15, -0.1) is 0 Å². The molecule has 34 heavy (non-hydrogen) atoms. The van der Waals surface area contributed by atoms with Crippen LogP contribution in [0.5, 0.6) is 0 Å². The Hall–Kier alpha value is -3.21. The van der Waals surface area contributed by atoms with Crippen molar-refractivity contribution in [3.05, 3.63) is 102 Å². The summed E-state index contributed by atoms with van der Waals surface area (Å²) >= 11 is 0. The quantitative estimate of drug-likeness (QED) is 0.326. The number of aliphatic hydroxyl groups is 2. The lowest BCUT2D eigenvalue weighted by Gasteiger charge is -2.34. The predicted octanol–water partition coefficient (Wildman–Crippen LogP) is 6.06. The second-order valence-corrected chi connectivity index (χ2v) is 8.74. The number of benzene rings is 3. The summed E-state index contributed by atoms with van der Waals surface area (Å²) in [4.78, 5) is 10.8. The van der Waals surface area contributed by atoms with E-state index in [1.165, 1.54) is 11.1 Å². The summed E-state index contributed by atoms with van der Waals surface area (Å²) in [6.45, 7) is 4.45. The highest BCUT2D eigenvalue weighted by atomic mass is 16.4. The van der Waals surface area contributed by atoms with Crippen molar-refractivity contribution in [2.45, 2.75) is 57.2 Å². The van der Waals surface area contributed by atoms with Gasteiger partial charge in [0.1, 0.15) is 0 Å². The normalized spacial score (nSPS) is 13.6. The molecule has 178 valence electrons. The van der Waals surface area contributed by atoms with E-state index in [2.05, 4.69) is 68.4 Å². The number of hydrogen-bond acceptors (Lipinski definition) is 3. The van der Waals surface area contributed by atoms with E-state index >= 15 is 0 Å². The molecule has 0 amide bonds. The van der Waals surface area contributed by atoms with Crippen LogP contribution in [0.2, 0.25) is 0 Å². The molecule has 0 aliphatic rings. The van der Waals surface area contributed by atoms with Crippen molar-refractivity contribution in [2.24, 2.45) is 0 Å². The van der Waals surface area contributed by atoms with Crippen molar-refractivity contribution in [3.8, 4) is 11.1 Å². The average molecular weight is 459 g/mol. The molecular weight excluding hydrogens is 424 g/mol. The van der Waals surface area contributed by atoms with Gasteiger partial charge in [-0.1, -0.05) is 98.8 Å². The fourth-order valence-electron chi connectivity index (χ4n) is 4.71. The Morgan fingerprint density at radius 3 is 2.09 bits per heavy atom. The van der Waals surface area contributed by atoms with E-state index in [9.17, 15) is 15.0 Å². The van der Waals surface area contributed by atoms with Gasteiger partial charge in [-0.25, -0.2) is 0 Å². The van der Waals surface area contributed by atoms with Crippen LogP contribution in [0.25, 0.3) is 17.2 Å². The molecule has 0 bridgehead atoms. The molecule has 4 nitrogen and oxygen atoms in total. The number of carboxylic acids is 1. The molecule has 4 heteroatoms. The monoisotopic (exact) mass is 458 g/mol. The molecule has 3 N–H and O–H groups in total. The summed E-state index contributed by atoms with van der Waals surface area (Å²) in [5.41, 5.74) is 5.54. The van der Waals surface area contributed by atoms with Gasteiger partial charge in [-0.05, 0) is 46.7 Å². The van der Waals surface area contributed by atoms with Crippen LogP contribution in [-0.2, 0) is 10.2 Å². The van der Waals surface area contributed by atoms with E-state index in [-0.39, 0.29) is 18.3 Å². The molecule has 3 rings (SSSR count). The summed E-state index contributed by atoms with van der Waals surface area (Å²) in [6.07, 6.45) is 2.98. The van der Waals surface area contributed by atoms with Gasteiger partial charge in [0.25, 0.3) is 0 Å². The number of carboxylic acid groups (broad SMARTS) is 1. The first-order chi connectivity index (χ1) is 16.4. The molecule has 0 saturated heterocycles. The second kappa shape index (κ2) is 11.8. The molecule has 0 unspecified atom stereocenters. The first-order valence-electron chi connectivity index (χ1n) is 11.9. The largest absolute Gasteiger partial charge is 0.481 e. The summed E-state index contributed by atoms with van der Waals surface area (Å²) in [5.74, 6) is -1.08. The van der Waals surface area contributed by atoms with E-state index in [4.69, 9.17) is 5.11 Å². The molecular formula is C30H34O4. The predicted molar refractivity (Wildman–Crippen MR) is 138 cm³/mol. The molecule has 0 fully saturated rings. The zero-order chi connectivity index (χ0) is 24.6. The lowest BCUT2D eigenvalue weighted by atomic mass is 9.70. The zero-order valence-corrected chi connectivity index (χ0v) is 19.9. The molecule has 0 aliphatic heterocycles. The summed E-state index contributed by atoms with van der Waals surface area (Å²) in [7, 11) is 0. The topological polar surface area (TPSA) is 77.8 Å². The summed E-state index contributed by atoms with van der Waals surface area (Å²) < 4.78 is 0. The van der Waals surface area contributed by atoms with Crippen LogP contribution in [0.4, 0.5) is 0 Å². The van der Waals surface area contributed by atoms with Gasteiger partial charge in [0, 0.05) is 11.8 Å². The van der Waals surface area contributed by atoms with E-state index in [1.54, 1.807) is 6.08 Å². The number of aliphatic hydroxyl groups excluding tert-OH is 2. The number of carbonyl (C=O) groups is 1. The van der Waals surface area contributed by atoms with Gasteiger partial charge in [0.2, 0.25) is 0 Å². The van der Waals surface area contributed by atoms with E-state index in [0.717, 1.165) is 29.5 Å². The first kappa shape index (κ1) is 25.4. The summed E-state index contributed by atoms with van der Waals surface area (Å²) in [5, 5.41) is 29.0. The van der Waals surface area contributed by atoms with Crippen LogP contribution in [0, 0.1) is 0 Å². The van der Waals surface area contributed by atoms with Gasteiger partial charge in [0.15, 0.2) is 0 Å². The molecule has 0 spiro atoms. The number of hydrogen-bond donors (Lipinski definition) is 3. The minimum absolute atomic E-state index is 0.0235. The first-order valence-corrected chi connectivity index (χ1v) is 11.9. The molecule has 0 aliphatic carbocycles. The molecule has 3 aromatic rings.